The summed E-state index contributed by atoms with van der Waals surface area (Å²) in [5.74, 6) is 0.532. The van der Waals surface area contributed by atoms with Crippen molar-refractivity contribution in [3.05, 3.63) is 52.1 Å². The largest absolute Gasteiger partial charge is 0.489 e. The van der Waals surface area contributed by atoms with E-state index in [0.29, 0.717) is 24.5 Å². The molecule has 1 aliphatic heterocycles. The number of aliphatic carboxylic acids is 1. The molecule has 1 aliphatic rings. The molecule has 7 heteroatoms. The van der Waals surface area contributed by atoms with Gasteiger partial charge in [-0.15, -0.1) is 11.6 Å². The Morgan fingerprint density at radius 3 is 2.35 bits per heavy atom. The SMILES string of the molecule is CCC(c1ccc(OCC2(C)CCc3c(C)c(OC(C)=O)c(C)c(C)c3O2)cc1)C(Cl)C(=O)O. The maximum Gasteiger partial charge on any atom is 0.322 e. The lowest BCUT2D eigenvalue weighted by molar-refractivity contribution is -0.137. The van der Waals surface area contributed by atoms with Gasteiger partial charge in [0.1, 0.15) is 34.8 Å². The zero-order valence-electron chi connectivity index (χ0n) is 20.7. The summed E-state index contributed by atoms with van der Waals surface area (Å²) >= 11 is 6.08. The number of halogens is 1. The van der Waals surface area contributed by atoms with E-state index in [-0.39, 0.29) is 11.9 Å². The molecule has 1 N–H and O–H groups in total. The summed E-state index contributed by atoms with van der Waals surface area (Å²) in [4.78, 5) is 22.8. The van der Waals surface area contributed by atoms with E-state index in [1.807, 2.05) is 58.9 Å². The molecule has 0 fully saturated rings. The Morgan fingerprint density at radius 2 is 1.79 bits per heavy atom. The van der Waals surface area contributed by atoms with Gasteiger partial charge in [0.15, 0.2) is 0 Å². The molecule has 0 aromatic heterocycles. The van der Waals surface area contributed by atoms with Gasteiger partial charge in [-0.05, 0) is 81.3 Å². The highest BCUT2D eigenvalue weighted by Gasteiger charge is 2.36. The highest BCUT2D eigenvalue weighted by atomic mass is 35.5. The monoisotopic (exact) mass is 488 g/mol. The Bertz CT molecular complexity index is 1080. The van der Waals surface area contributed by atoms with Gasteiger partial charge in [0.05, 0.1) is 0 Å². The van der Waals surface area contributed by atoms with Gasteiger partial charge in [-0.2, -0.15) is 0 Å². The summed E-state index contributed by atoms with van der Waals surface area (Å²) in [7, 11) is 0. The van der Waals surface area contributed by atoms with Crippen LogP contribution in [0.2, 0.25) is 0 Å². The Balaban J connectivity index is 1.74. The van der Waals surface area contributed by atoms with Gasteiger partial charge in [-0.25, -0.2) is 0 Å². The molecular weight excluding hydrogens is 456 g/mol. The first-order valence-electron chi connectivity index (χ1n) is 11.6. The number of ether oxygens (including phenoxy) is 3. The zero-order chi connectivity index (χ0) is 25.2. The second-order valence-corrected chi connectivity index (χ2v) is 9.74. The Hall–Kier alpha value is -2.73. The summed E-state index contributed by atoms with van der Waals surface area (Å²) < 4.78 is 18.0. The summed E-state index contributed by atoms with van der Waals surface area (Å²) in [5, 5.41) is 8.27. The normalized spacial score (nSPS) is 18.9. The van der Waals surface area contributed by atoms with Crippen LogP contribution in [0.4, 0.5) is 0 Å². The number of alkyl halides is 1. The minimum atomic E-state index is -1.02. The molecule has 0 spiro atoms. The predicted octanol–water partition coefficient (Wildman–Crippen LogP) is 5.89. The van der Waals surface area contributed by atoms with Crippen LogP contribution in [0.15, 0.2) is 24.3 Å². The maximum atomic E-state index is 11.6. The molecule has 3 unspecified atom stereocenters. The van der Waals surface area contributed by atoms with Crippen LogP contribution < -0.4 is 14.2 Å². The van der Waals surface area contributed by atoms with Crippen LogP contribution in [0.3, 0.4) is 0 Å². The van der Waals surface area contributed by atoms with E-state index in [4.69, 9.17) is 25.8 Å². The number of rotatable bonds is 8. The van der Waals surface area contributed by atoms with E-state index in [1.165, 1.54) is 6.92 Å². The lowest BCUT2D eigenvalue weighted by atomic mass is 9.87. The number of carbonyl (C=O) groups excluding carboxylic acids is 1. The molecule has 184 valence electrons. The topological polar surface area (TPSA) is 82.1 Å². The van der Waals surface area contributed by atoms with Gasteiger partial charge in [-0.1, -0.05) is 19.1 Å². The smallest absolute Gasteiger partial charge is 0.322 e. The van der Waals surface area contributed by atoms with Crippen LogP contribution >= 0.6 is 11.6 Å². The quantitative estimate of drug-likeness (QED) is 0.283. The minimum Gasteiger partial charge on any atom is -0.489 e. The Morgan fingerprint density at radius 1 is 1.15 bits per heavy atom. The number of carboxylic acid groups (broad SMARTS) is 1. The van der Waals surface area contributed by atoms with Crippen molar-refractivity contribution in [2.24, 2.45) is 0 Å². The molecule has 0 aliphatic carbocycles. The standard InChI is InChI=1S/C27H33ClO6/c1-7-21(23(28)26(30)31)19-8-10-20(11-9-19)32-14-27(6)13-12-22-17(4)24(33-18(5)29)15(2)16(3)25(22)34-27/h8-11,21,23H,7,12-14H2,1-6H3,(H,30,31). The van der Waals surface area contributed by atoms with Crippen molar-refractivity contribution in [3.63, 3.8) is 0 Å². The zero-order valence-corrected chi connectivity index (χ0v) is 21.4. The van der Waals surface area contributed by atoms with Gasteiger partial charge in [0.25, 0.3) is 0 Å². The second kappa shape index (κ2) is 10.3. The molecule has 0 radical (unpaired) electrons. The first kappa shape index (κ1) is 25.9. The van der Waals surface area contributed by atoms with Crippen molar-refractivity contribution in [1.29, 1.82) is 0 Å². The van der Waals surface area contributed by atoms with Crippen molar-refractivity contribution in [1.82, 2.24) is 0 Å². The number of carboxylic acids is 1. The number of fused-ring (bicyclic) bond motifs is 1. The molecule has 0 saturated carbocycles. The van der Waals surface area contributed by atoms with E-state index in [9.17, 15) is 14.7 Å². The van der Waals surface area contributed by atoms with Crippen LogP contribution in [0.25, 0.3) is 0 Å². The summed E-state index contributed by atoms with van der Waals surface area (Å²) in [5.41, 5.74) is 4.23. The van der Waals surface area contributed by atoms with E-state index in [2.05, 4.69) is 0 Å². The van der Waals surface area contributed by atoms with Crippen molar-refractivity contribution in [3.8, 4) is 17.2 Å². The number of carbonyl (C=O) groups is 2. The van der Waals surface area contributed by atoms with Gasteiger partial charge < -0.3 is 19.3 Å². The lowest BCUT2D eigenvalue weighted by Gasteiger charge is -2.37. The molecule has 6 nitrogen and oxygen atoms in total. The molecular formula is C27H33ClO6. The van der Waals surface area contributed by atoms with Crippen LogP contribution in [0, 0.1) is 20.8 Å². The average molecular weight is 489 g/mol. The Kier molecular flexibility index (Phi) is 7.81. The fourth-order valence-electron chi connectivity index (χ4n) is 4.51. The third-order valence-corrected chi connectivity index (χ3v) is 7.18. The van der Waals surface area contributed by atoms with Crippen molar-refractivity contribution >= 4 is 23.5 Å². The van der Waals surface area contributed by atoms with E-state index in [0.717, 1.165) is 46.4 Å². The fourth-order valence-corrected chi connectivity index (χ4v) is 4.83. The maximum absolute atomic E-state index is 11.6. The number of benzene rings is 2. The van der Waals surface area contributed by atoms with Crippen molar-refractivity contribution in [2.75, 3.05) is 6.61 Å². The first-order valence-corrected chi connectivity index (χ1v) is 12.0. The molecule has 0 amide bonds. The van der Waals surface area contributed by atoms with Crippen LogP contribution in [0.1, 0.15) is 67.3 Å². The molecule has 3 rings (SSSR count). The molecule has 2 aromatic rings. The van der Waals surface area contributed by atoms with E-state index >= 15 is 0 Å². The lowest BCUT2D eigenvalue weighted by Crippen LogP contribution is -2.42. The average Bonchev–Trinajstić information content (AvgIpc) is 2.80. The highest BCUT2D eigenvalue weighted by molar-refractivity contribution is 6.30. The second-order valence-electron chi connectivity index (χ2n) is 9.27. The van der Waals surface area contributed by atoms with E-state index in [1.54, 1.807) is 0 Å². The van der Waals surface area contributed by atoms with Gasteiger partial charge >= 0.3 is 11.9 Å². The fraction of sp³-hybridized carbons (Fsp3) is 0.481. The molecule has 0 saturated heterocycles. The number of hydrogen-bond acceptors (Lipinski definition) is 5. The molecule has 2 aromatic carbocycles. The predicted molar refractivity (Wildman–Crippen MR) is 132 cm³/mol. The summed E-state index contributed by atoms with van der Waals surface area (Å²) in [6, 6.07) is 7.42. The number of esters is 1. The third kappa shape index (κ3) is 5.33. The third-order valence-electron chi connectivity index (χ3n) is 6.69. The van der Waals surface area contributed by atoms with Crippen LogP contribution in [-0.4, -0.2) is 34.6 Å². The molecule has 1 heterocycles. The molecule has 34 heavy (non-hydrogen) atoms. The summed E-state index contributed by atoms with van der Waals surface area (Å²) in [6.45, 7) is 11.6. The van der Waals surface area contributed by atoms with Crippen molar-refractivity contribution < 1.29 is 28.9 Å². The van der Waals surface area contributed by atoms with Gasteiger partial charge in [0.2, 0.25) is 0 Å². The van der Waals surface area contributed by atoms with Gasteiger partial charge in [0, 0.05) is 18.4 Å². The first-order chi connectivity index (χ1) is 16.0. The Labute approximate surface area is 206 Å². The summed E-state index contributed by atoms with van der Waals surface area (Å²) in [6.07, 6.45) is 2.18. The van der Waals surface area contributed by atoms with Gasteiger partial charge in [-0.3, -0.25) is 9.59 Å². The van der Waals surface area contributed by atoms with Crippen LogP contribution in [0.5, 0.6) is 17.2 Å². The highest BCUT2D eigenvalue weighted by Crippen LogP contribution is 2.44. The molecule has 0 bridgehead atoms. The van der Waals surface area contributed by atoms with E-state index < -0.39 is 16.9 Å². The number of hydrogen-bond donors (Lipinski definition) is 1. The van der Waals surface area contributed by atoms with Crippen molar-refractivity contribution in [2.45, 2.75) is 77.7 Å². The minimum absolute atomic E-state index is 0.268. The molecule has 3 atom stereocenters. The van der Waals surface area contributed by atoms with Crippen LogP contribution in [-0.2, 0) is 16.0 Å².